The summed E-state index contributed by atoms with van der Waals surface area (Å²) in [6, 6.07) is 3.64. The van der Waals surface area contributed by atoms with Crippen molar-refractivity contribution in [3.63, 3.8) is 0 Å². The highest BCUT2D eigenvalue weighted by Gasteiger charge is 2.18. The van der Waals surface area contributed by atoms with Crippen LogP contribution in [-0.2, 0) is 6.42 Å². The van der Waals surface area contributed by atoms with Crippen LogP contribution >= 0.6 is 0 Å². The molecule has 0 fully saturated rings. The van der Waals surface area contributed by atoms with Crippen molar-refractivity contribution in [2.24, 2.45) is 0 Å². The van der Waals surface area contributed by atoms with E-state index in [1.165, 1.54) is 19.1 Å². The van der Waals surface area contributed by atoms with E-state index in [1.54, 1.807) is 0 Å². The minimum atomic E-state index is -0.800. The van der Waals surface area contributed by atoms with Crippen molar-refractivity contribution in [3.05, 3.63) is 39.7 Å². The molecule has 0 heterocycles. The van der Waals surface area contributed by atoms with Gasteiger partial charge >= 0.3 is 0 Å². The Hall–Kier alpha value is -1.49. The molecule has 1 aromatic rings. The maximum absolute atomic E-state index is 13.2. The zero-order chi connectivity index (χ0) is 10.7. The monoisotopic (exact) mass is 199 g/mol. The van der Waals surface area contributed by atoms with Gasteiger partial charge in [-0.1, -0.05) is 6.07 Å². The highest BCUT2D eigenvalue weighted by molar-refractivity contribution is 5.41. The highest BCUT2D eigenvalue weighted by Crippen LogP contribution is 2.22. The molecule has 0 aromatic heterocycles. The van der Waals surface area contributed by atoms with Crippen LogP contribution in [0.1, 0.15) is 12.5 Å². The molecule has 0 aliphatic carbocycles. The molecule has 0 amide bonds. The normalized spacial score (nSPS) is 12.5. The van der Waals surface area contributed by atoms with Crippen LogP contribution in [0.25, 0.3) is 0 Å². The molecular formula is C9H10FNO3. The van der Waals surface area contributed by atoms with E-state index in [2.05, 4.69) is 0 Å². The predicted octanol–water partition coefficient (Wildman–Crippen LogP) is 1.66. The van der Waals surface area contributed by atoms with Crippen LogP contribution in [0.2, 0.25) is 0 Å². The third-order valence-electron chi connectivity index (χ3n) is 1.79. The van der Waals surface area contributed by atoms with E-state index in [0.29, 0.717) is 0 Å². The van der Waals surface area contributed by atoms with Gasteiger partial charge < -0.3 is 5.11 Å². The number of rotatable bonds is 3. The molecule has 0 radical (unpaired) electrons. The topological polar surface area (TPSA) is 63.4 Å². The maximum atomic E-state index is 13.2. The summed E-state index contributed by atoms with van der Waals surface area (Å²) in [6.45, 7) is 1.45. The molecule has 4 nitrogen and oxygen atoms in total. The van der Waals surface area contributed by atoms with Crippen molar-refractivity contribution < 1.29 is 14.4 Å². The maximum Gasteiger partial charge on any atom is 0.275 e. The molecule has 0 aliphatic rings. The van der Waals surface area contributed by atoms with E-state index in [0.717, 1.165) is 6.07 Å². The average Bonchev–Trinajstić information content (AvgIpc) is 2.07. The molecule has 1 rings (SSSR count). The summed E-state index contributed by atoms with van der Waals surface area (Å²) < 4.78 is 13.2. The Balaban J connectivity index is 3.15. The molecule has 0 spiro atoms. The minimum absolute atomic E-state index is 0.0486. The second-order valence-corrected chi connectivity index (χ2v) is 3.05. The zero-order valence-electron chi connectivity index (χ0n) is 7.61. The van der Waals surface area contributed by atoms with Gasteiger partial charge in [0.05, 0.1) is 16.6 Å². The second-order valence-electron chi connectivity index (χ2n) is 3.05. The first-order chi connectivity index (χ1) is 6.52. The fourth-order valence-electron chi connectivity index (χ4n) is 1.22. The molecule has 76 valence electrons. The quantitative estimate of drug-likeness (QED) is 0.594. The van der Waals surface area contributed by atoms with Gasteiger partial charge in [-0.2, -0.15) is 0 Å². The van der Waals surface area contributed by atoms with Gasteiger partial charge in [-0.05, 0) is 13.0 Å². The van der Waals surface area contributed by atoms with E-state index in [9.17, 15) is 14.5 Å². The van der Waals surface area contributed by atoms with Crippen LogP contribution in [0.3, 0.4) is 0 Å². The molecular weight excluding hydrogens is 189 g/mol. The third-order valence-corrected chi connectivity index (χ3v) is 1.79. The Morgan fingerprint density at radius 2 is 2.29 bits per heavy atom. The van der Waals surface area contributed by atoms with Crippen molar-refractivity contribution in [1.82, 2.24) is 0 Å². The van der Waals surface area contributed by atoms with Gasteiger partial charge in [0.2, 0.25) is 0 Å². The zero-order valence-corrected chi connectivity index (χ0v) is 7.61. The molecule has 0 bridgehead atoms. The van der Waals surface area contributed by atoms with E-state index >= 15 is 0 Å². The summed E-state index contributed by atoms with van der Waals surface area (Å²) in [5.74, 6) is -0.653. The van der Waals surface area contributed by atoms with Gasteiger partial charge in [0.1, 0.15) is 5.82 Å². The number of hydrogen-bond donors (Lipinski definition) is 1. The number of nitro benzene ring substituents is 1. The minimum Gasteiger partial charge on any atom is -0.393 e. The van der Waals surface area contributed by atoms with E-state index in [1.807, 2.05) is 0 Å². The summed E-state index contributed by atoms with van der Waals surface area (Å²) in [7, 11) is 0. The van der Waals surface area contributed by atoms with Crippen molar-refractivity contribution in [1.29, 1.82) is 0 Å². The number of nitro groups is 1. The van der Waals surface area contributed by atoms with Crippen LogP contribution in [0.15, 0.2) is 18.2 Å². The van der Waals surface area contributed by atoms with E-state index in [4.69, 9.17) is 5.11 Å². The van der Waals surface area contributed by atoms with Crippen LogP contribution in [0.4, 0.5) is 10.1 Å². The molecule has 5 heteroatoms. The summed E-state index contributed by atoms with van der Waals surface area (Å²) in [6.07, 6.45) is -0.853. The van der Waals surface area contributed by atoms with Crippen LogP contribution in [0.5, 0.6) is 0 Å². The van der Waals surface area contributed by atoms with Crippen LogP contribution in [-0.4, -0.2) is 16.1 Å². The van der Waals surface area contributed by atoms with Gasteiger partial charge in [0.15, 0.2) is 0 Å². The third kappa shape index (κ3) is 2.26. The summed E-state index contributed by atoms with van der Waals surface area (Å²) in [5.41, 5.74) is -0.335. The van der Waals surface area contributed by atoms with Gasteiger partial charge in [0, 0.05) is 12.5 Å². The van der Waals surface area contributed by atoms with Crippen molar-refractivity contribution >= 4 is 5.69 Å². The van der Waals surface area contributed by atoms with Gasteiger partial charge in [-0.25, -0.2) is 4.39 Å². The number of hydrogen-bond acceptors (Lipinski definition) is 3. The molecule has 0 saturated heterocycles. The van der Waals surface area contributed by atoms with Crippen molar-refractivity contribution in [2.45, 2.75) is 19.4 Å². The van der Waals surface area contributed by atoms with E-state index in [-0.39, 0.29) is 17.7 Å². The first kappa shape index (κ1) is 10.6. The average molecular weight is 199 g/mol. The molecule has 14 heavy (non-hydrogen) atoms. The first-order valence-corrected chi connectivity index (χ1v) is 4.12. The highest BCUT2D eigenvalue weighted by atomic mass is 19.1. The fraction of sp³-hybridized carbons (Fsp3) is 0.333. The van der Waals surface area contributed by atoms with E-state index < -0.39 is 16.8 Å². The van der Waals surface area contributed by atoms with Crippen LogP contribution < -0.4 is 0 Å². The molecule has 1 atom stereocenters. The van der Waals surface area contributed by atoms with Crippen molar-refractivity contribution in [3.8, 4) is 0 Å². The second kappa shape index (κ2) is 4.15. The number of aliphatic hydroxyl groups is 1. The number of aliphatic hydroxyl groups excluding tert-OH is 1. The Bertz CT molecular complexity index is 352. The molecule has 0 saturated carbocycles. The summed E-state index contributed by atoms with van der Waals surface area (Å²) in [5, 5.41) is 19.6. The number of nitrogens with zero attached hydrogens (tertiary/aromatic N) is 1. The number of benzene rings is 1. The molecule has 1 unspecified atom stereocenters. The van der Waals surface area contributed by atoms with Crippen molar-refractivity contribution in [2.75, 3.05) is 0 Å². The standard InChI is InChI=1S/C9H10FNO3/c1-6(12)5-7-8(10)3-2-4-9(7)11(13)14/h2-4,6,12H,5H2,1H3. The number of halogens is 1. The van der Waals surface area contributed by atoms with Crippen LogP contribution in [0, 0.1) is 15.9 Å². The fourth-order valence-corrected chi connectivity index (χ4v) is 1.22. The summed E-state index contributed by atoms with van der Waals surface area (Å²) in [4.78, 5) is 9.86. The van der Waals surface area contributed by atoms with Gasteiger partial charge in [0.25, 0.3) is 5.69 Å². The lowest BCUT2D eigenvalue weighted by molar-refractivity contribution is -0.385. The molecule has 1 N–H and O–H groups in total. The van der Waals surface area contributed by atoms with Gasteiger partial charge in [-0.3, -0.25) is 10.1 Å². The van der Waals surface area contributed by atoms with Gasteiger partial charge in [-0.15, -0.1) is 0 Å². The predicted molar refractivity (Wildman–Crippen MR) is 48.4 cm³/mol. The lowest BCUT2D eigenvalue weighted by Gasteiger charge is -2.05. The SMILES string of the molecule is CC(O)Cc1c(F)cccc1[N+](=O)[O-]. The Kier molecular flexibility index (Phi) is 3.14. The Morgan fingerprint density at radius 1 is 1.64 bits per heavy atom. The largest absolute Gasteiger partial charge is 0.393 e. The summed E-state index contributed by atoms with van der Waals surface area (Å²) >= 11 is 0. The lowest BCUT2D eigenvalue weighted by atomic mass is 10.1. The Morgan fingerprint density at radius 3 is 2.79 bits per heavy atom. The smallest absolute Gasteiger partial charge is 0.275 e. The first-order valence-electron chi connectivity index (χ1n) is 4.12. The molecule has 0 aliphatic heterocycles. The molecule has 1 aromatic carbocycles. The lowest BCUT2D eigenvalue weighted by Crippen LogP contribution is -2.08. The Labute approximate surface area is 80.1 Å².